The van der Waals surface area contributed by atoms with E-state index in [0.717, 1.165) is 0 Å². The fraction of sp³-hybridized carbons (Fsp3) is 0. The second-order valence-corrected chi connectivity index (χ2v) is 2.21. The summed E-state index contributed by atoms with van der Waals surface area (Å²) in [6, 6.07) is 0. The number of fused-ring (bicyclic) bond motifs is 2. The molecule has 3 heterocycles. The van der Waals surface area contributed by atoms with Crippen LogP contribution in [0.1, 0.15) is 0 Å². The predicted molar refractivity (Wildman–Crippen MR) is 34.8 cm³/mol. The molecule has 0 aliphatic heterocycles. The quantitative estimate of drug-likeness (QED) is 0.381. The maximum Gasteiger partial charge on any atom is 0.457 e. The van der Waals surface area contributed by atoms with Gasteiger partial charge in [-0.15, -0.1) is 10.3 Å². The van der Waals surface area contributed by atoms with Crippen molar-refractivity contribution in [1.29, 1.82) is 0 Å². The van der Waals surface area contributed by atoms with Crippen LogP contribution >= 0.6 is 0 Å². The van der Waals surface area contributed by atoms with E-state index in [-0.39, 0.29) is 0 Å². The third-order valence-electron chi connectivity index (χ3n) is 1.48. The molecule has 0 aliphatic rings. The fourth-order valence-corrected chi connectivity index (χ4v) is 0.962. The minimum absolute atomic E-state index is 0.456. The Morgan fingerprint density at radius 2 is 2.42 bits per heavy atom. The maximum absolute atomic E-state index is 4.10. The van der Waals surface area contributed by atoms with E-state index in [0.29, 0.717) is 16.9 Å². The fourth-order valence-electron chi connectivity index (χ4n) is 0.962. The zero-order valence-electron chi connectivity index (χ0n) is 5.76. The average Bonchev–Trinajstić information content (AvgIpc) is 2.64. The number of rotatable bonds is 0. The lowest BCUT2D eigenvalue weighted by Gasteiger charge is -1.78. The van der Waals surface area contributed by atoms with Crippen molar-refractivity contribution in [2.24, 2.45) is 0 Å². The van der Waals surface area contributed by atoms with Crippen molar-refractivity contribution in [3.8, 4) is 0 Å². The molecule has 12 heavy (non-hydrogen) atoms. The third kappa shape index (κ3) is 0.557. The van der Waals surface area contributed by atoms with Gasteiger partial charge in [-0.1, -0.05) is 15.3 Å². The summed E-state index contributed by atoms with van der Waals surface area (Å²) < 4.78 is 1.39. The van der Waals surface area contributed by atoms with Crippen LogP contribution in [0.3, 0.4) is 0 Å². The van der Waals surface area contributed by atoms with Gasteiger partial charge in [0.25, 0.3) is 0 Å². The molecule has 0 amide bonds. The van der Waals surface area contributed by atoms with E-state index in [4.69, 9.17) is 0 Å². The van der Waals surface area contributed by atoms with Crippen LogP contribution in [-0.4, -0.2) is 35.8 Å². The first kappa shape index (κ1) is 5.52. The second kappa shape index (κ2) is 1.72. The summed E-state index contributed by atoms with van der Waals surface area (Å²) in [7, 11) is 0. The van der Waals surface area contributed by atoms with Crippen LogP contribution in [0.4, 0.5) is 0 Å². The molecule has 0 aromatic carbocycles. The molecule has 0 saturated heterocycles. The lowest BCUT2D eigenvalue weighted by Crippen LogP contribution is -2.29. The number of hydrogen-bond acceptors (Lipinski definition) is 5. The summed E-state index contributed by atoms with van der Waals surface area (Å²) in [6.07, 6.45) is 1.54. The number of hydrogen-bond donors (Lipinski definition) is 2. The molecule has 3 aromatic rings. The van der Waals surface area contributed by atoms with Gasteiger partial charge in [0.2, 0.25) is 5.65 Å². The Morgan fingerprint density at radius 3 is 3.42 bits per heavy atom. The zero-order valence-corrected chi connectivity index (χ0v) is 5.76. The van der Waals surface area contributed by atoms with Gasteiger partial charge < -0.3 is 0 Å². The molecule has 0 atom stereocenters. The maximum atomic E-state index is 4.10. The third-order valence-corrected chi connectivity index (χ3v) is 1.48. The molecule has 0 aliphatic carbocycles. The van der Waals surface area contributed by atoms with E-state index in [1.54, 1.807) is 0 Å². The van der Waals surface area contributed by atoms with Gasteiger partial charge in [0.05, 0.1) is 11.3 Å². The van der Waals surface area contributed by atoms with Crippen LogP contribution in [-0.2, 0) is 0 Å². The van der Waals surface area contributed by atoms with E-state index in [2.05, 4.69) is 35.8 Å². The minimum atomic E-state index is 0.456. The molecule has 8 nitrogen and oxygen atoms in total. The van der Waals surface area contributed by atoms with Crippen molar-refractivity contribution >= 4 is 16.9 Å². The Labute approximate surface area is 64.6 Å². The van der Waals surface area contributed by atoms with E-state index < -0.39 is 0 Å². The number of aromatic amines is 2. The topological polar surface area (TPSA) is 100 Å². The molecule has 0 fully saturated rings. The Balaban J connectivity index is 2.62. The lowest BCUT2D eigenvalue weighted by atomic mass is 10.6. The molecule has 3 aromatic heterocycles. The smallest absolute Gasteiger partial charge is 0.153 e. The number of nitrogens with one attached hydrogen (secondary N) is 2. The van der Waals surface area contributed by atoms with Crippen molar-refractivity contribution in [2.45, 2.75) is 0 Å². The van der Waals surface area contributed by atoms with Crippen molar-refractivity contribution in [3.05, 3.63) is 6.20 Å². The average molecular weight is 163 g/mol. The highest BCUT2D eigenvalue weighted by Crippen LogP contribution is 1.99. The number of tetrazole rings is 1. The Hall–Kier alpha value is -2.12. The van der Waals surface area contributed by atoms with Crippen molar-refractivity contribution in [3.63, 3.8) is 0 Å². The Morgan fingerprint density at radius 1 is 1.42 bits per heavy atom. The first-order valence-electron chi connectivity index (χ1n) is 3.24. The minimum Gasteiger partial charge on any atom is -0.153 e. The first-order chi connectivity index (χ1) is 5.93. The zero-order chi connectivity index (χ0) is 7.97. The summed E-state index contributed by atoms with van der Waals surface area (Å²) in [5.41, 5.74) is 1.13. The van der Waals surface area contributed by atoms with Crippen LogP contribution < -0.4 is 4.63 Å². The molecule has 58 valence electrons. The normalized spacial score (nSPS) is 11.3. The van der Waals surface area contributed by atoms with Gasteiger partial charge in [-0.25, -0.2) is 0 Å². The van der Waals surface area contributed by atoms with Gasteiger partial charge in [-0.05, 0) is 4.63 Å². The van der Waals surface area contributed by atoms with Crippen LogP contribution in [0.25, 0.3) is 16.9 Å². The molecular formula is C4H3N8+. The number of nitrogens with zero attached hydrogens (tertiary/aromatic N) is 6. The van der Waals surface area contributed by atoms with Gasteiger partial charge >= 0.3 is 5.78 Å². The highest BCUT2D eigenvalue weighted by atomic mass is 15.6. The summed E-state index contributed by atoms with van der Waals surface area (Å²) in [4.78, 5) is 4.10. The van der Waals surface area contributed by atoms with Crippen molar-refractivity contribution < 1.29 is 4.63 Å². The molecule has 8 heteroatoms. The van der Waals surface area contributed by atoms with Crippen molar-refractivity contribution in [2.75, 3.05) is 0 Å². The first-order valence-corrected chi connectivity index (χ1v) is 3.24. The van der Waals surface area contributed by atoms with Crippen LogP contribution in [0.2, 0.25) is 0 Å². The molecule has 3 rings (SSSR count). The van der Waals surface area contributed by atoms with Gasteiger partial charge in [0.15, 0.2) is 5.52 Å². The predicted octanol–water partition coefficient (Wildman–Crippen LogP) is -1.79. The monoisotopic (exact) mass is 163 g/mol. The lowest BCUT2D eigenvalue weighted by molar-refractivity contribution is -0.645. The molecular weight excluding hydrogens is 160 g/mol. The van der Waals surface area contributed by atoms with E-state index >= 15 is 0 Å². The van der Waals surface area contributed by atoms with Crippen molar-refractivity contribution in [1.82, 2.24) is 35.8 Å². The molecule has 0 unspecified atom stereocenters. The van der Waals surface area contributed by atoms with Gasteiger partial charge in [-0.3, -0.25) is 0 Å². The summed E-state index contributed by atoms with van der Waals surface area (Å²) >= 11 is 0. The largest absolute Gasteiger partial charge is 0.457 e. The highest BCUT2D eigenvalue weighted by Gasteiger charge is 2.11. The standard InChI is InChI=1S/C4H2N8/c1-2-3(7-5-1)9-12-4(6-2)8-10-11-12/h1H,(H,6,7,8,9,11)/p+1. The van der Waals surface area contributed by atoms with Crippen LogP contribution in [0.15, 0.2) is 6.20 Å². The summed E-state index contributed by atoms with van der Waals surface area (Å²) in [5, 5.41) is 20.4. The number of aromatic nitrogens is 8. The second-order valence-electron chi connectivity index (χ2n) is 2.21. The van der Waals surface area contributed by atoms with Gasteiger partial charge in [-0.2, -0.15) is 5.10 Å². The number of H-pyrrole nitrogens is 2. The highest BCUT2D eigenvalue weighted by molar-refractivity contribution is 5.67. The van der Waals surface area contributed by atoms with E-state index in [1.165, 1.54) is 10.8 Å². The molecule has 0 spiro atoms. The van der Waals surface area contributed by atoms with Crippen LogP contribution in [0, 0.1) is 0 Å². The molecule has 0 saturated carbocycles. The Bertz CT molecular complexity index is 443. The molecule has 0 radical (unpaired) electrons. The summed E-state index contributed by atoms with van der Waals surface area (Å²) in [6.45, 7) is 0. The van der Waals surface area contributed by atoms with E-state index in [1.807, 2.05) is 0 Å². The summed E-state index contributed by atoms with van der Waals surface area (Å²) in [5.74, 6) is 0.456. The molecule has 2 N–H and O–H groups in total. The SMILES string of the molecule is c1nnc2n[n+]3[nH][nH]nc3nc12. The van der Waals surface area contributed by atoms with Gasteiger partial charge in [0, 0.05) is 0 Å². The Kier molecular flexibility index (Phi) is 0.793. The van der Waals surface area contributed by atoms with Gasteiger partial charge in [0.1, 0.15) is 0 Å². The molecule has 0 bridgehead atoms. The van der Waals surface area contributed by atoms with E-state index in [9.17, 15) is 0 Å². The van der Waals surface area contributed by atoms with Crippen LogP contribution in [0.5, 0.6) is 0 Å².